The maximum absolute atomic E-state index is 5.96. The normalized spacial score (nSPS) is 13.4. The average molecular weight is 405 g/mol. The summed E-state index contributed by atoms with van der Waals surface area (Å²) in [5.41, 5.74) is 2.30. The van der Waals surface area contributed by atoms with Gasteiger partial charge in [0.2, 0.25) is 0 Å². The van der Waals surface area contributed by atoms with Crippen LogP contribution in [0.4, 0.5) is 5.69 Å². The quantitative estimate of drug-likeness (QED) is 0.433. The summed E-state index contributed by atoms with van der Waals surface area (Å²) in [7, 11) is 9.62. The second-order valence-corrected chi connectivity index (χ2v) is 8.87. The molecule has 0 saturated carbocycles. The molecule has 0 aromatic heterocycles. The minimum absolute atomic E-state index is 0.156. The zero-order valence-corrected chi connectivity index (χ0v) is 19.0. The Balaban J connectivity index is 2.60. The topological polar surface area (TPSA) is 40.2 Å². The van der Waals surface area contributed by atoms with Crippen molar-refractivity contribution in [3.8, 4) is 17.2 Å². The zero-order chi connectivity index (χ0) is 20.7. The third-order valence-corrected chi connectivity index (χ3v) is 6.77. The SMILES string of the molecule is CCC(C)(Pc1ccccc1N(C)C)c1cc(OC)cc(OC)c1OCOC. The molecule has 0 aliphatic carbocycles. The standard InChI is InChI=1S/C22H32NO4P/c1-8-22(2,28-20-12-10-9-11-18(20)23(3)4)17-13-16(25-6)14-19(26-7)21(17)27-15-24-5/h9-14,28H,8,15H2,1-7H3. The molecule has 0 amide bonds. The van der Waals surface area contributed by atoms with E-state index in [4.69, 9.17) is 18.9 Å². The van der Waals surface area contributed by atoms with Gasteiger partial charge in [0.1, 0.15) is 5.75 Å². The van der Waals surface area contributed by atoms with Crippen LogP contribution >= 0.6 is 8.58 Å². The summed E-state index contributed by atoms with van der Waals surface area (Å²) in [6.07, 6.45) is 0.937. The zero-order valence-electron chi connectivity index (χ0n) is 18.0. The number of anilines is 1. The van der Waals surface area contributed by atoms with Gasteiger partial charge in [0.05, 0.1) is 14.2 Å². The summed E-state index contributed by atoms with van der Waals surface area (Å²) in [6, 6.07) is 12.4. The predicted octanol–water partition coefficient (Wildman–Crippen LogP) is 4.38. The van der Waals surface area contributed by atoms with Crippen molar-refractivity contribution in [1.29, 1.82) is 0 Å². The number of hydrogen-bond acceptors (Lipinski definition) is 5. The molecular formula is C22H32NO4P. The first-order valence-corrected chi connectivity index (χ1v) is 10.3. The first kappa shape index (κ1) is 22.3. The van der Waals surface area contributed by atoms with Crippen molar-refractivity contribution in [1.82, 2.24) is 0 Å². The summed E-state index contributed by atoms with van der Waals surface area (Å²) >= 11 is 0. The van der Waals surface area contributed by atoms with Gasteiger partial charge in [-0.3, -0.25) is 0 Å². The fraction of sp³-hybridized carbons (Fsp3) is 0.455. The molecule has 28 heavy (non-hydrogen) atoms. The second-order valence-electron chi connectivity index (χ2n) is 6.98. The van der Waals surface area contributed by atoms with Gasteiger partial charge in [-0.15, -0.1) is 0 Å². The minimum atomic E-state index is -0.156. The van der Waals surface area contributed by atoms with Crippen molar-refractivity contribution in [2.75, 3.05) is 47.1 Å². The molecule has 2 aromatic carbocycles. The molecule has 2 aromatic rings. The van der Waals surface area contributed by atoms with E-state index in [0.29, 0.717) is 20.1 Å². The second kappa shape index (κ2) is 9.99. The molecule has 0 fully saturated rings. The lowest BCUT2D eigenvalue weighted by molar-refractivity contribution is 0.0479. The number of para-hydroxylation sites is 1. The van der Waals surface area contributed by atoms with Crippen molar-refractivity contribution >= 4 is 19.6 Å². The first-order chi connectivity index (χ1) is 13.4. The third kappa shape index (κ3) is 4.89. The van der Waals surface area contributed by atoms with Crippen LogP contribution in [0.5, 0.6) is 17.2 Å². The highest BCUT2D eigenvalue weighted by atomic mass is 31.1. The van der Waals surface area contributed by atoms with Gasteiger partial charge in [-0.25, -0.2) is 0 Å². The summed E-state index contributed by atoms with van der Waals surface area (Å²) in [6.45, 7) is 4.63. The Kier molecular flexibility index (Phi) is 7.97. The number of rotatable bonds is 10. The van der Waals surface area contributed by atoms with Gasteiger partial charge >= 0.3 is 0 Å². The maximum atomic E-state index is 5.96. The number of hydrogen-bond donors (Lipinski definition) is 0. The van der Waals surface area contributed by atoms with Gasteiger partial charge in [-0.1, -0.05) is 40.6 Å². The third-order valence-electron chi connectivity index (χ3n) is 4.90. The van der Waals surface area contributed by atoms with Gasteiger partial charge < -0.3 is 23.8 Å². The van der Waals surface area contributed by atoms with Crippen LogP contribution < -0.4 is 24.4 Å². The highest BCUT2D eigenvalue weighted by Crippen LogP contribution is 2.51. The molecule has 0 spiro atoms. The lowest BCUT2D eigenvalue weighted by Gasteiger charge is -2.33. The van der Waals surface area contributed by atoms with Gasteiger partial charge in [0.25, 0.3) is 0 Å². The average Bonchev–Trinajstić information content (AvgIpc) is 2.71. The van der Waals surface area contributed by atoms with Gasteiger partial charge in [-0.05, 0) is 23.9 Å². The Bertz CT molecular complexity index is 781. The number of nitrogens with zero attached hydrogens (tertiary/aromatic N) is 1. The van der Waals surface area contributed by atoms with E-state index < -0.39 is 0 Å². The number of ether oxygens (including phenoxy) is 4. The Labute approximate surface area is 170 Å². The van der Waals surface area contributed by atoms with E-state index in [1.165, 1.54) is 11.0 Å². The van der Waals surface area contributed by atoms with Gasteiger partial charge in [0, 0.05) is 43.7 Å². The first-order valence-electron chi connectivity index (χ1n) is 9.33. The molecule has 0 N–H and O–H groups in total. The predicted molar refractivity (Wildman–Crippen MR) is 118 cm³/mol. The van der Waals surface area contributed by atoms with Crippen molar-refractivity contribution in [3.63, 3.8) is 0 Å². The minimum Gasteiger partial charge on any atom is -0.497 e. The summed E-state index contributed by atoms with van der Waals surface area (Å²) in [5, 5.41) is 1.16. The van der Waals surface area contributed by atoms with E-state index in [1.54, 1.807) is 21.3 Å². The Morgan fingerprint density at radius 2 is 1.75 bits per heavy atom. The fourth-order valence-corrected chi connectivity index (χ4v) is 4.84. The number of methoxy groups -OCH3 is 3. The molecule has 2 rings (SSSR count). The molecule has 6 heteroatoms. The van der Waals surface area contributed by atoms with Crippen LogP contribution in [0, 0.1) is 0 Å². The lowest BCUT2D eigenvalue weighted by atomic mass is 9.95. The highest BCUT2D eigenvalue weighted by Gasteiger charge is 2.32. The van der Waals surface area contributed by atoms with Crippen LogP contribution in [0.2, 0.25) is 0 Å². The Morgan fingerprint density at radius 1 is 1.04 bits per heavy atom. The van der Waals surface area contributed by atoms with Crippen LogP contribution in [0.15, 0.2) is 36.4 Å². The molecule has 2 unspecified atom stereocenters. The largest absolute Gasteiger partial charge is 0.497 e. The van der Waals surface area contributed by atoms with E-state index in [-0.39, 0.29) is 11.9 Å². The van der Waals surface area contributed by atoms with Crippen LogP contribution in [-0.2, 0) is 9.89 Å². The van der Waals surface area contributed by atoms with Crippen molar-refractivity contribution < 1.29 is 18.9 Å². The molecule has 0 radical (unpaired) electrons. The molecule has 0 bridgehead atoms. The van der Waals surface area contributed by atoms with Crippen molar-refractivity contribution in [3.05, 3.63) is 42.0 Å². The molecule has 0 aliphatic rings. The van der Waals surface area contributed by atoms with Crippen LogP contribution in [0.1, 0.15) is 25.8 Å². The Morgan fingerprint density at radius 3 is 2.32 bits per heavy atom. The van der Waals surface area contributed by atoms with E-state index in [0.717, 1.165) is 17.7 Å². The summed E-state index contributed by atoms with van der Waals surface area (Å²) in [4.78, 5) is 2.16. The van der Waals surface area contributed by atoms with E-state index in [2.05, 4.69) is 63.2 Å². The van der Waals surface area contributed by atoms with E-state index in [1.807, 2.05) is 6.07 Å². The van der Waals surface area contributed by atoms with E-state index >= 15 is 0 Å². The maximum Gasteiger partial charge on any atom is 0.188 e. The molecule has 0 aliphatic heterocycles. The molecule has 5 nitrogen and oxygen atoms in total. The van der Waals surface area contributed by atoms with Crippen molar-refractivity contribution in [2.45, 2.75) is 25.4 Å². The smallest absolute Gasteiger partial charge is 0.188 e. The molecule has 0 saturated heterocycles. The molecule has 0 heterocycles. The fourth-order valence-electron chi connectivity index (χ4n) is 3.14. The molecular weight excluding hydrogens is 373 g/mol. The molecule has 2 atom stereocenters. The van der Waals surface area contributed by atoms with Gasteiger partial charge in [-0.2, -0.15) is 0 Å². The monoisotopic (exact) mass is 405 g/mol. The van der Waals surface area contributed by atoms with Crippen LogP contribution in [0.3, 0.4) is 0 Å². The van der Waals surface area contributed by atoms with Crippen molar-refractivity contribution in [2.24, 2.45) is 0 Å². The van der Waals surface area contributed by atoms with E-state index in [9.17, 15) is 0 Å². The highest BCUT2D eigenvalue weighted by molar-refractivity contribution is 7.49. The van der Waals surface area contributed by atoms with Crippen LogP contribution in [-0.4, -0.2) is 42.2 Å². The van der Waals surface area contributed by atoms with Crippen LogP contribution in [0.25, 0.3) is 0 Å². The van der Waals surface area contributed by atoms with Gasteiger partial charge in [0.15, 0.2) is 18.3 Å². The summed E-state index contributed by atoms with van der Waals surface area (Å²) < 4.78 is 22.3. The number of benzene rings is 2. The lowest BCUT2D eigenvalue weighted by Crippen LogP contribution is -2.23. The molecule has 154 valence electrons. The Hall–Kier alpha value is -1.97. The summed E-state index contributed by atoms with van der Waals surface area (Å²) in [5.74, 6) is 2.11.